The Balaban J connectivity index is 1.82. The summed E-state index contributed by atoms with van der Waals surface area (Å²) >= 11 is 0. The zero-order valence-electron chi connectivity index (χ0n) is 16.0. The summed E-state index contributed by atoms with van der Waals surface area (Å²) in [7, 11) is -2.53. The maximum absolute atomic E-state index is 13.1. The van der Waals surface area contributed by atoms with Crippen LogP contribution in [0.3, 0.4) is 0 Å². The number of rotatable bonds is 6. The van der Waals surface area contributed by atoms with E-state index in [9.17, 15) is 17.6 Å². The second-order valence-electron chi connectivity index (χ2n) is 6.58. The molecule has 3 aromatic carbocycles. The van der Waals surface area contributed by atoms with Crippen molar-refractivity contribution < 1.29 is 17.6 Å². The molecule has 0 saturated heterocycles. The Bertz CT molecular complexity index is 1100. The summed E-state index contributed by atoms with van der Waals surface area (Å²) in [6.07, 6.45) is 0. The Morgan fingerprint density at radius 2 is 1.62 bits per heavy atom. The van der Waals surface area contributed by atoms with Crippen LogP contribution in [0.1, 0.15) is 28.9 Å². The quantitative estimate of drug-likeness (QED) is 0.662. The Morgan fingerprint density at radius 3 is 2.28 bits per heavy atom. The van der Waals surface area contributed by atoms with Gasteiger partial charge in [0.15, 0.2) is 0 Å². The summed E-state index contributed by atoms with van der Waals surface area (Å²) in [5.74, 6) is -0.825. The molecule has 29 heavy (non-hydrogen) atoms. The lowest BCUT2D eigenvalue weighted by atomic mass is 10.1. The maximum atomic E-state index is 13.1. The predicted octanol–water partition coefficient (Wildman–Crippen LogP) is 4.14. The second kappa shape index (κ2) is 8.45. The van der Waals surface area contributed by atoms with Crippen LogP contribution >= 0.6 is 0 Å². The van der Waals surface area contributed by atoms with Crippen LogP contribution < -0.4 is 9.62 Å². The van der Waals surface area contributed by atoms with E-state index in [2.05, 4.69) is 5.32 Å². The van der Waals surface area contributed by atoms with Gasteiger partial charge in [0.25, 0.3) is 15.9 Å². The molecule has 0 saturated carbocycles. The van der Waals surface area contributed by atoms with E-state index in [0.29, 0.717) is 5.69 Å². The Kier molecular flexibility index (Phi) is 5.98. The highest BCUT2D eigenvalue weighted by molar-refractivity contribution is 7.92. The molecule has 0 heterocycles. The van der Waals surface area contributed by atoms with Crippen molar-refractivity contribution in [2.24, 2.45) is 0 Å². The largest absolute Gasteiger partial charge is 0.346 e. The first-order valence-corrected chi connectivity index (χ1v) is 10.4. The fourth-order valence-corrected chi connectivity index (χ4v) is 4.09. The molecule has 0 aliphatic rings. The third-order valence-corrected chi connectivity index (χ3v) is 6.37. The van der Waals surface area contributed by atoms with Gasteiger partial charge < -0.3 is 5.32 Å². The van der Waals surface area contributed by atoms with Crippen molar-refractivity contribution in [1.29, 1.82) is 0 Å². The van der Waals surface area contributed by atoms with Crippen LogP contribution in [0.25, 0.3) is 0 Å². The van der Waals surface area contributed by atoms with Crippen molar-refractivity contribution in [3.05, 3.63) is 95.8 Å². The Hall–Kier alpha value is -3.19. The highest BCUT2D eigenvalue weighted by Gasteiger charge is 2.23. The van der Waals surface area contributed by atoms with Gasteiger partial charge in [0.05, 0.1) is 16.6 Å². The van der Waals surface area contributed by atoms with Crippen LogP contribution in [0.5, 0.6) is 0 Å². The van der Waals surface area contributed by atoms with Crippen molar-refractivity contribution >= 4 is 21.6 Å². The lowest BCUT2D eigenvalue weighted by Gasteiger charge is -2.20. The molecule has 1 N–H and O–H groups in total. The van der Waals surface area contributed by atoms with Crippen LogP contribution in [0, 0.1) is 5.82 Å². The molecule has 150 valence electrons. The fraction of sp³-hybridized carbons (Fsp3) is 0.136. The Labute approximate surface area is 169 Å². The van der Waals surface area contributed by atoms with Crippen LogP contribution in [0.15, 0.2) is 83.8 Å². The molecule has 3 rings (SSSR count). The van der Waals surface area contributed by atoms with Crippen LogP contribution in [0.2, 0.25) is 0 Å². The Morgan fingerprint density at radius 1 is 0.966 bits per heavy atom. The average Bonchev–Trinajstić information content (AvgIpc) is 2.74. The molecule has 0 bridgehead atoms. The molecule has 0 radical (unpaired) electrons. The number of anilines is 1. The van der Waals surface area contributed by atoms with E-state index >= 15 is 0 Å². The predicted molar refractivity (Wildman–Crippen MR) is 111 cm³/mol. The first-order chi connectivity index (χ1) is 13.8. The zero-order valence-corrected chi connectivity index (χ0v) is 16.9. The molecular weight excluding hydrogens is 391 g/mol. The molecule has 7 heteroatoms. The minimum Gasteiger partial charge on any atom is -0.346 e. The summed E-state index contributed by atoms with van der Waals surface area (Å²) in [6.45, 7) is 1.86. The van der Waals surface area contributed by atoms with Crippen molar-refractivity contribution in [3.8, 4) is 0 Å². The van der Waals surface area contributed by atoms with Gasteiger partial charge in [-0.25, -0.2) is 12.8 Å². The molecule has 1 amide bonds. The van der Waals surface area contributed by atoms with Crippen LogP contribution in [-0.4, -0.2) is 21.4 Å². The fourth-order valence-electron chi connectivity index (χ4n) is 2.85. The van der Waals surface area contributed by atoms with Crippen LogP contribution in [-0.2, 0) is 10.0 Å². The summed E-state index contributed by atoms with van der Waals surface area (Å²) < 4.78 is 40.1. The van der Waals surface area contributed by atoms with Gasteiger partial charge in [-0.1, -0.05) is 36.4 Å². The molecular formula is C22H21FN2O3S. The van der Waals surface area contributed by atoms with Gasteiger partial charge in [-0.2, -0.15) is 0 Å². The molecule has 1 atom stereocenters. The number of nitrogens with one attached hydrogen (secondary N) is 1. The SMILES string of the molecule is CC(NC(=O)c1cccc(S(=O)(=O)N(C)c2ccc(F)cc2)c1)c1ccccc1. The molecule has 0 fully saturated rings. The standard InChI is InChI=1S/C22H21FN2O3S/c1-16(17-7-4-3-5-8-17)24-22(26)18-9-6-10-21(15-18)29(27,28)25(2)20-13-11-19(23)12-14-20/h3-16H,1-2H3,(H,24,26). The number of benzene rings is 3. The van der Waals surface area contributed by atoms with Crippen molar-refractivity contribution in [2.75, 3.05) is 11.4 Å². The van der Waals surface area contributed by atoms with E-state index in [1.807, 2.05) is 37.3 Å². The normalized spacial score (nSPS) is 12.2. The van der Waals surface area contributed by atoms with Gasteiger partial charge in [0, 0.05) is 12.6 Å². The molecule has 1 unspecified atom stereocenters. The van der Waals surface area contributed by atoms with Crippen LogP contribution in [0.4, 0.5) is 10.1 Å². The summed E-state index contributed by atoms with van der Waals surface area (Å²) in [5, 5.41) is 2.87. The van der Waals surface area contributed by atoms with Crippen molar-refractivity contribution in [2.45, 2.75) is 17.9 Å². The minimum absolute atomic E-state index is 0.0238. The highest BCUT2D eigenvalue weighted by Crippen LogP contribution is 2.23. The van der Waals surface area contributed by atoms with Gasteiger partial charge in [0.1, 0.15) is 5.82 Å². The number of hydrogen-bond acceptors (Lipinski definition) is 3. The monoisotopic (exact) mass is 412 g/mol. The van der Waals surface area contributed by atoms with Gasteiger partial charge in [-0.05, 0) is 55.0 Å². The van der Waals surface area contributed by atoms with Crippen molar-refractivity contribution in [3.63, 3.8) is 0 Å². The third-order valence-electron chi connectivity index (χ3n) is 4.59. The number of carbonyl (C=O) groups is 1. The second-order valence-corrected chi connectivity index (χ2v) is 8.55. The smallest absolute Gasteiger partial charge is 0.264 e. The molecule has 5 nitrogen and oxygen atoms in total. The molecule has 3 aromatic rings. The zero-order chi connectivity index (χ0) is 21.0. The first-order valence-electron chi connectivity index (χ1n) is 8.99. The summed E-state index contributed by atoms with van der Waals surface area (Å²) in [4.78, 5) is 12.6. The average molecular weight is 412 g/mol. The van der Waals surface area contributed by atoms with E-state index < -0.39 is 15.8 Å². The number of sulfonamides is 1. The number of halogens is 1. The van der Waals surface area contributed by atoms with Gasteiger partial charge in [0.2, 0.25) is 0 Å². The first kappa shape index (κ1) is 20.5. The molecule has 0 spiro atoms. The van der Waals surface area contributed by atoms with Crippen molar-refractivity contribution in [1.82, 2.24) is 5.32 Å². The van der Waals surface area contributed by atoms with E-state index in [4.69, 9.17) is 0 Å². The third kappa shape index (κ3) is 4.63. The topological polar surface area (TPSA) is 66.5 Å². The number of amides is 1. The van der Waals surface area contributed by atoms with E-state index in [0.717, 1.165) is 9.87 Å². The maximum Gasteiger partial charge on any atom is 0.264 e. The van der Waals surface area contributed by atoms with E-state index in [1.165, 1.54) is 49.5 Å². The summed E-state index contributed by atoms with van der Waals surface area (Å²) in [6, 6.07) is 20.2. The molecule has 0 aliphatic carbocycles. The number of carbonyl (C=O) groups excluding carboxylic acids is 1. The molecule has 0 aromatic heterocycles. The van der Waals surface area contributed by atoms with Gasteiger partial charge >= 0.3 is 0 Å². The van der Waals surface area contributed by atoms with E-state index in [1.54, 1.807) is 6.07 Å². The van der Waals surface area contributed by atoms with E-state index in [-0.39, 0.29) is 22.4 Å². The molecule has 0 aliphatic heterocycles. The minimum atomic E-state index is -3.91. The van der Waals surface area contributed by atoms with Gasteiger partial charge in [-0.15, -0.1) is 0 Å². The van der Waals surface area contributed by atoms with Gasteiger partial charge in [-0.3, -0.25) is 9.10 Å². The number of nitrogens with zero attached hydrogens (tertiary/aromatic N) is 1. The lowest BCUT2D eigenvalue weighted by Crippen LogP contribution is -2.28. The summed E-state index contributed by atoms with van der Waals surface area (Å²) in [5.41, 5.74) is 1.50. The highest BCUT2D eigenvalue weighted by atomic mass is 32.2. The lowest BCUT2D eigenvalue weighted by molar-refractivity contribution is 0.0939. The number of hydrogen-bond donors (Lipinski definition) is 1.